The highest BCUT2D eigenvalue weighted by Crippen LogP contribution is 2.40. The van der Waals surface area contributed by atoms with Gasteiger partial charge in [-0.05, 0) is 13.3 Å². The lowest BCUT2D eigenvalue weighted by Gasteiger charge is -2.33. The molecule has 0 amide bonds. The van der Waals surface area contributed by atoms with Gasteiger partial charge in [0.05, 0.1) is 11.6 Å². The first-order valence-electron chi connectivity index (χ1n) is 11.2. The van der Waals surface area contributed by atoms with Crippen LogP contribution in [-0.4, -0.2) is 23.3 Å². The van der Waals surface area contributed by atoms with Crippen LogP contribution in [0.2, 0.25) is 0 Å². The smallest absolute Gasteiger partial charge is 0.362 e. The number of ether oxygens (including phenoxy) is 1. The van der Waals surface area contributed by atoms with Gasteiger partial charge >= 0.3 is 5.97 Å². The summed E-state index contributed by atoms with van der Waals surface area (Å²) in [4.78, 5) is 23.9. The van der Waals surface area contributed by atoms with Crippen molar-refractivity contribution in [3.05, 3.63) is 124 Å². The number of esters is 1. The molecule has 4 rings (SSSR count). The number of nitrogens with zero attached hydrogens (tertiary/aromatic N) is 2. The Labute approximate surface area is 203 Å². The van der Waals surface area contributed by atoms with Crippen molar-refractivity contribution in [3.63, 3.8) is 0 Å². The van der Waals surface area contributed by atoms with Crippen molar-refractivity contribution in [1.29, 1.82) is 0 Å². The Morgan fingerprint density at radius 3 is 1.76 bits per heavy atom. The van der Waals surface area contributed by atoms with E-state index in [0.717, 1.165) is 28.1 Å². The molecule has 3 aromatic carbocycles. The highest BCUT2D eigenvalue weighted by Gasteiger charge is 2.40. The standard InChI is InChI=1S/C28H26N2O3S/c1-3-25-29-24(20-34-25)26(27(31)32-4-2)30-33-28(21-14-8-5-9-15-21,22-16-10-6-11-17-22)23-18-12-7-13-19-23/h5-20H,3-4H2,1-2H3/b30-26+. The van der Waals surface area contributed by atoms with Crippen LogP contribution in [0.5, 0.6) is 0 Å². The lowest BCUT2D eigenvalue weighted by Crippen LogP contribution is -2.32. The van der Waals surface area contributed by atoms with Gasteiger partial charge in [0, 0.05) is 22.1 Å². The van der Waals surface area contributed by atoms with Gasteiger partial charge < -0.3 is 9.57 Å². The molecule has 172 valence electrons. The van der Waals surface area contributed by atoms with Crippen LogP contribution < -0.4 is 0 Å². The van der Waals surface area contributed by atoms with E-state index in [1.807, 2.05) is 103 Å². The Morgan fingerprint density at radius 1 is 0.853 bits per heavy atom. The van der Waals surface area contributed by atoms with E-state index in [4.69, 9.17) is 9.57 Å². The van der Waals surface area contributed by atoms with Crippen LogP contribution in [0.15, 0.2) is 102 Å². The van der Waals surface area contributed by atoms with Crippen LogP contribution in [0, 0.1) is 0 Å². The fourth-order valence-electron chi connectivity index (χ4n) is 3.76. The number of benzene rings is 3. The van der Waals surface area contributed by atoms with E-state index in [1.165, 1.54) is 11.3 Å². The Bertz CT molecular complexity index is 1140. The minimum absolute atomic E-state index is 0.0463. The quantitative estimate of drug-likeness (QED) is 0.131. The first kappa shape index (κ1) is 23.4. The number of rotatable bonds is 9. The second kappa shape index (κ2) is 10.9. The summed E-state index contributed by atoms with van der Waals surface area (Å²) in [7, 11) is 0. The number of carbonyl (C=O) groups is 1. The predicted octanol–water partition coefficient (Wildman–Crippen LogP) is 5.98. The van der Waals surface area contributed by atoms with Gasteiger partial charge in [0.25, 0.3) is 0 Å². The first-order chi connectivity index (χ1) is 16.7. The van der Waals surface area contributed by atoms with Gasteiger partial charge in [0.15, 0.2) is 0 Å². The van der Waals surface area contributed by atoms with Crippen LogP contribution in [0.1, 0.15) is 41.2 Å². The topological polar surface area (TPSA) is 60.8 Å². The second-order valence-electron chi connectivity index (χ2n) is 7.51. The summed E-state index contributed by atoms with van der Waals surface area (Å²) in [5.41, 5.74) is 2.05. The van der Waals surface area contributed by atoms with E-state index in [9.17, 15) is 4.79 Å². The number of carbonyl (C=O) groups excluding carboxylic acids is 1. The molecule has 34 heavy (non-hydrogen) atoms. The molecule has 5 nitrogen and oxygen atoms in total. The largest absolute Gasteiger partial charge is 0.461 e. The monoisotopic (exact) mass is 470 g/mol. The molecule has 0 unspecified atom stereocenters. The highest BCUT2D eigenvalue weighted by atomic mass is 32.1. The van der Waals surface area contributed by atoms with E-state index in [2.05, 4.69) is 10.1 Å². The van der Waals surface area contributed by atoms with Crippen molar-refractivity contribution in [2.45, 2.75) is 25.9 Å². The van der Waals surface area contributed by atoms with Crippen LogP contribution in [0.4, 0.5) is 0 Å². The van der Waals surface area contributed by atoms with Crippen LogP contribution in [0.3, 0.4) is 0 Å². The van der Waals surface area contributed by atoms with Crippen molar-refractivity contribution in [1.82, 2.24) is 4.98 Å². The van der Waals surface area contributed by atoms with Gasteiger partial charge in [-0.15, -0.1) is 11.3 Å². The molecule has 0 spiro atoms. The lowest BCUT2D eigenvalue weighted by molar-refractivity contribution is -0.135. The van der Waals surface area contributed by atoms with Crippen molar-refractivity contribution >= 4 is 23.0 Å². The predicted molar refractivity (Wildman–Crippen MR) is 135 cm³/mol. The van der Waals surface area contributed by atoms with E-state index in [-0.39, 0.29) is 12.3 Å². The molecule has 0 atom stereocenters. The van der Waals surface area contributed by atoms with Gasteiger partial charge in [-0.25, -0.2) is 9.78 Å². The average Bonchev–Trinajstić information content (AvgIpc) is 3.37. The van der Waals surface area contributed by atoms with E-state index < -0.39 is 11.6 Å². The van der Waals surface area contributed by atoms with Gasteiger partial charge in [0.1, 0.15) is 5.69 Å². The normalized spacial score (nSPS) is 11.8. The lowest BCUT2D eigenvalue weighted by atomic mass is 9.80. The molecule has 1 aromatic heterocycles. The zero-order valence-electron chi connectivity index (χ0n) is 19.2. The summed E-state index contributed by atoms with van der Waals surface area (Å²) in [6, 6.07) is 29.6. The summed E-state index contributed by atoms with van der Waals surface area (Å²) < 4.78 is 5.30. The number of aromatic nitrogens is 1. The SMILES string of the molecule is CCOC(=O)/C(=N/OC(c1ccccc1)(c1ccccc1)c1ccccc1)c1csc(CC)n1. The van der Waals surface area contributed by atoms with Crippen LogP contribution in [-0.2, 0) is 26.4 Å². The van der Waals surface area contributed by atoms with Crippen molar-refractivity contribution < 1.29 is 14.4 Å². The summed E-state index contributed by atoms with van der Waals surface area (Å²) in [5.74, 6) is -0.571. The molecule has 0 bridgehead atoms. The third kappa shape index (κ3) is 4.77. The summed E-state index contributed by atoms with van der Waals surface area (Å²) in [5, 5.41) is 7.17. The summed E-state index contributed by atoms with van der Waals surface area (Å²) in [6.07, 6.45) is 0.767. The number of oxime groups is 1. The summed E-state index contributed by atoms with van der Waals surface area (Å²) >= 11 is 1.48. The molecule has 0 saturated heterocycles. The maximum Gasteiger partial charge on any atom is 0.362 e. The number of hydrogen-bond donors (Lipinski definition) is 0. The molecule has 0 fully saturated rings. The fourth-order valence-corrected chi connectivity index (χ4v) is 4.49. The maximum atomic E-state index is 12.9. The van der Waals surface area contributed by atoms with Gasteiger partial charge in [-0.1, -0.05) is 103 Å². The minimum Gasteiger partial charge on any atom is -0.461 e. The molecule has 0 N–H and O–H groups in total. The molecular formula is C28H26N2O3S. The minimum atomic E-state index is -1.09. The van der Waals surface area contributed by atoms with Crippen molar-refractivity contribution in [2.24, 2.45) is 5.16 Å². The molecule has 1 heterocycles. The van der Waals surface area contributed by atoms with Crippen molar-refractivity contribution in [2.75, 3.05) is 6.61 Å². The van der Waals surface area contributed by atoms with E-state index in [1.54, 1.807) is 6.92 Å². The van der Waals surface area contributed by atoms with Crippen LogP contribution >= 0.6 is 11.3 Å². The first-order valence-corrected chi connectivity index (χ1v) is 12.1. The van der Waals surface area contributed by atoms with Crippen molar-refractivity contribution in [3.8, 4) is 0 Å². The molecule has 4 aromatic rings. The Balaban J connectivity index is 1.92. The third-order valence-corrected chi connectivity index (χ3v) is 6.37. The van der Waals surface area contributed by atoms with Gasteiger partial charge in [-0.3, -0.25) is 0 Å². The summed E-state index contributed by atoms with van der Waals surface area (Å²) in [6.45, 7) is 4.01. The molecular weight excluding hydrogens is 444 g/mol. The Kier molecular flexibility index (Phi) is 7.50. The Hall–Kier alpha value is -3.77. The highest BCUT2D eigenvalue weighted by molar-refractivity contribution is 7.09. The molecule has 0 radical (unpaired) electrons. The number of hydrogen-bond acceptors (Lipinski definition) is 6. The zero-order valence-corrected chi connectivity index (χ0v) is 20.0. The molecule has 6 heteroatoms. The van der Waals surface area contributed by atoms with Gasteiger partial charge in [-0.2, -0.15) is 0 Å². The fraction of sp³-hybridized carbons (Fsp3) is 0.179. The molecule has 0 aliphatic rings. The van der Waals surface area contributed by atoms with Gasteiger partial charge in [0.2, 0.25) is 11.3 Å². The second-order valence-corrected chi connectivity index (χ2v) is 8.45. The zero-order chi connectivity index (χ0) is 23.8. The molecule has 0 aliphatic heterocycles. The molecule has 0 aliphatic carbocycles. The van der Waals surface area contributed by atoms with E-state index >= 15 is 0 Å². The maximum absolute atomic E-state index is 12.9. The third-order valence-electron chi connectivity index (χ3n) is 5.38. The molecule has 0 saturated carbocycles. The number of aryl methyl sites for hydroxylation is 1. The Morgan fingerprint density at radius 2 is 1.35 bits per heavy atom. The van der Waals surface area contributed by atoms with E-state index in [0.29, 0.717) is 5.69 Å². The number of thiazole rings is 1. The van der Waals surface area contributed by atoms with Crippen LogP contribution in [0.25, 0.3) is 0 Å². The average molecular weight is 471 g/mol.